The van der Waals surface area contributed by atoms with E-state index in [4.69, 9.17) is 9.16 Å². The van der Waals surface area contributed by atoms with Crippen LogP contribution in [0.1, 0.15) is 57.7 Å². The second kappa shape index (κ2) is 11.6. The molecule has 39 heavy (non-hydrogen) atoms. The van der Waals surface area contributed by atoms with E-state index >= 15 is 0 Å². The first kappa shape index (κ1) is 29.6. The molecule has 1 aromatic carbocycles. The summed E-state index contributed by atoms with van der Waals surface area (Å²) in [6.45, 7) is 11.1. The quantitative estimate of drug-likeness (QED) is 0.269. The van der Waals surface area contributed by atoms with Gasteiger partial charge in [0.25, 0.3) is 0 Å². The number of fused-ring (bicyclic) bond motifs is 1. The van der Waals surface area contributed by atoms with Crippen molar-refractivity contribution in [1.29, 1.82) is 0 Å². The molecule has 1 fully saturated rings. The number of nitrogens with one attached hydrogen (secondary N) is 1. The van der Waals surface area contributed by atoms with E-state index in [0.29, 0.717) is 23.9 Å². The maximum absolute atomic E-state index is 14.1. The molecule has 1 N–H and O–H groups in total. The number of benzene rings is 1. The first-order chi connectivity index (χ1) is 18.3. The second-order valence-corrected chi connectivity index (χ2v) is 17.2. The van der Waals surface area contributed by atoms with Gasteiger partial charge in [0, 0.05) is 35.3 Å². The fourth-order valence-electron chi connectivity index (χ4n) is 4.41. The number of nitrogens with zero attached hydrogens (tertiary/aromatic N) is 3. The Morgan fingerprint density at radius 2 is 1.72 bits per heavy atom. The highest BCUT2D eigenvalue weighted by Gasteiger charge is 2.41. The molecule has 0 unspecified atom stereocenters. The lowest BCUT2D eigenvalue weighted by molar-refractivity contribution is -0.139. The van der Waals surface area contributed by atoms with Gasteiger partial charge in [-0.05, 0) is 68.3 Å². The normalized spacial score (nSPS) is 18.8. The number of pyridine rings is 1. The molecule has 0 atom stereocenters. The third kappa shape index (κ3) is 7.23. The molecule has 0 amide bonds. The van der Waals surface area contributed by atoms with Crippen molar-refractivity contribution < 1.29 is 22.3 Å². The molecule has 1 aliphatic rings. The van der Waals surface area contributed by atoms with Gasteiger partial charge in [-0.25, -0.2) is 9.97 Å². The smallest absolute Gasteiger partial charge is 0.420 e. The minimum atomic E-state index is -4.58. The zero-order chi connectivity index (χ0) is 28.4. The molecule has 6 nitrogen and oxygen atoms in total. The maximum Gasteiger partial charge on any atom is 0.420 e. The van der Waals surface area contributed by atoms with Crippen molar-refractivity contribution >= 4 is 42.6 Å². The SMILES string of the molecule is CSCc1cc(Nc2ncc3ccc(C(F)(F)F)c(OC4CCC(O[Si](C)(C)C(C)(C)C)CC4)c3n2)ccn1. The molecule has 4 rings (SSSR count). The summed E-state index contributed by atoms with van der Waals surface area (Å²) in [7, 11) is -1.92. The van der Waals surface area contributed by atoms with Gasteiger partial charge in [0.1, 0.15) is 5.52 Å². The number of rotatable bonds is 8. The summed E-state index contributed by atoms with van der Waals surface area (Å²) in [6.07, 6.45) is 3.12. The van der Waals surface area contributed by atoms with Gasteiger partial charge in [-0.3, -0.25) is 4.98 Å². The number of hydrogen-bond donors (Lipinski definition) is 1. The van der Waals surface area contributed by atoms with Gasteiger partial charge in [-0.15, -0.1) is 0 Å². The van der Waals surface area contributed by atoms with E-state index in [2.05, 4.69) is 54.1 Å². The maximum atomic E-state index is 14.1. The largest absolute Gasteiger partial charge is 0.487 e. The number of thioether (sulfide) groups is 1. The molecule has 3 aromatic rings. The lowest BCUT2D eigenvalue weighted by Gasteiger charge is -2.41. The zero-order valence-electron chi connectivity index (χ0n) is 23.4. The molecule has 0 saturated heterocycles. The lowest BCUT2D eigenvalue weighted by atomic mass is 9.95. The van der Waals surface area contributed by atoms with Gasteiger partial charge in [-0.2, -0.15) is 24.9 Å². The highest BCUT2D eigenvalue weighted by Crippen LogP contribution is 2.43. The molecule has 1 aliphatic carbocycles. The average molecular weight is 579 g/mol. The van der Waals surface area contributed by atoms with Crippen molar-refractivity contribution in [2.24, 2.45) is 0 Å². The van der Waals surface area contributed by atoms with Crippen molar-refractivity contribution in [3.8, 4) is 5.75 Å². The Kier molecular flexibility index (Phi) is 8.82. The van der Waals surface area contributed by atoms with E-state index in [1.165, 1.54) is 12.3 Å². The van der Waals surface area contributed by atoms with E-state index in [1.54, 1.807) is 24.0 Å². The van der Waals surface area contributed by atoms with Crippen LogP contribution >= 0.6 is 11.8 Å². The van der Waals surface area contributed by atoms with Crippen LogP contribution in [0.4, 0.5) is 24.8 Å². The number of anilines is 2. The van der Waals surface area contributed by atoms with E-state index in [-0.39, 0.29) is 34.5 Å². The predicted octanol–water partition coefficient (Wildman–Crippen LogP) is 8.36. The topological polar surface area (TPSA) is 69.2 Å². The van der Waals surface area contributed by atoms with Gasteiger partial charge in [0.05, 0.1) is 17.4 Å². The molecule has 2 aromatic heterocycles. The highest BCUT2D eigenvalue weighted by molar-refractivity contribution is 7.97. The third-order valence-electron chi connectivity index (χ3n) is 7.55. The zero-order valence-corrected chi connectivity index (χ0v) is 25.2. The highest BCUT2D eigenvalue weighted by atomic mass is 32.2. The monoisotopic (exact) mass is 578 g/mol. The Balaban J connectivity index is 1.58. The molecular formula is C28H37F3N4O2SSi. The van der Waals surface area contributed by atoms with E-state index < -0.39 is 20.1 Å². The van der Waals surface area contributed by atoms with Crippen molar-refractivity contribution in [3.05, 3.63) is 47.9 Å². The van der Waals surface area contributed by atoms with Crippen LogP contribution in [-0.4, -0.2) is 41.7 Å². The van der Waals surface area contributed by atoms with Crippen LogP contribution in [0.15, 0.2) is 36.7 Å². The molecule has 0 spiro atoms. The summed E-state index contributed by atoms with van der Waals surface area (Å²) in [4.78, 5) is 13.1. The third-order valence-corrected chi connectivity index (χ3v) is 12.7. The summed E-state index contributed by atoms with van der Waals surface area (Å²) in [5.41, 5.74) is 0.901. The van der Waals surface area contributed by atoms with Crippen LogP contribution in [0.3, 0.4) is 0 Å². The Labute approximate surface area is 233 Å². The summed E-state index contributed by atoms with van der Waals surface area (Å²) in [6, 6.07) is 6.09. The fourth-order valence-corrected chi connectivity index (χ4v) is 6.29. The van der Waals surface area contributed by atoms with Crippen molar-refractivity contribution in [2.45, 2.75) is 88.7 Å². The van der Waals surface area contributed by atoms with Gasteiger partial charge in [-0.1, -0.05) is 26.8 Å². The van der Waals surface area contributed by atoms with Crippen LogP contribution in [0.25, 0.3) is 10.9 Å². The molecule has 212 valence electrons. The van der Waals surface area contributed by atoms with Crippen LogP contribution in [0.5, 0.6) is 5.75 Å². The molecular weight excluding hydrogens is 541 g/mol. The second-order valence-electron chi connectivity index (χ2n) is 11.6. The van der Waals surface area contributed by atoms with Crippen molar-refractivity contribution in [1.82, 2.24) is 15.0 Å². The van der Waals surface area contributed by atoms with Gasteiger partial charge >= 0.3 is 6.18 Å². The number of aromatic nitrogens is 3. The minimum Gasteiger partial charge on any atom is -0.487 e. The molecule has 1 saturated carbocycles. The van der Waals surface area contributed by atoms with Crippen LogP contribution in [-0.2, 0) is 16.4 Å². The molecule has 0 aliphatic heterocycles. The van der Waals surface area contributed by atoms with Crippen molar-refractivity contribution in [3.63, 3.8) is 0 Å². The molecule has 0 bridgehead atoms. The summed E-state index contributed by atoms with van der Waals surface area (Å²) < 4.78 is 55.0. The number of alkyl halides is 3. The Morgan fingerprint density at radius 1 is 1.03 bits per heavy atom. The van der Waals surface area contributed by atoms with Crippen LogP contribution in [0.2, 0.25) is 18.1 Å². The van der Waals surface area contributed by atoms with E-state index in [0.717, 1.165) is 30.4 Å². The van der Waals surface area contributed by atoms with Gasteiger partial charge in [0.15, 0.2) is 14.1 Å². The van der Waals surface area contributed by atoms with Crippen molar-refractivity contribution in [2.75, 3.05) is 11.6 Å². The van der Waals surface area contributed by atoms with Gasteiger partial charge < -0.3 is 14.5 Å². The Hall–Kier alpha value is -2.37. The predicted molar refractivity (Wildman–Crippen MR) is 154 cm³/mol. The minimum absolute atomic E-state index is 0.100. The van der Waals surface area contributed by atoms with E-state index in [9.17, 15) is 13.2 Å². The number of ether oxygens (including phenoxy) is 1. The summed E-state index contributed by atoms with van der Waals surface area (Å²) in [5, 5.41) is 3.69. The Bertz CT molecular complexity index is 1290. The lowest BCUT2D eigenvalue weighted by Crippen LogP contribution is -2.45. The van der Waals surface area contributed by atoms with Crippen LogP contribution in [0, 0.1) is 0 Å². The van der Waals surface area contributed by atoms with Gasteiger partial charge in [0.2, 0.25) is 5.95 Å². The fraction of sp³-hybridized carbons (Fsp3) is 0.536. The molecule has 11 heteroatoms. The first-order valence-electron chi connectivity index (χ1n) is 13.2. The average Bonchev–Trinajstić information content (AvgIpc) is 2.84. The Morgan fingerprint density at radius 3 is 2.36 bits per heavy atom. The number of halogens is 3. The standard InChI is InChI=1S/C28H37F3N4O2SSi/c1-27(2,3)39(5,6)37-22-10-8-21(9-11-22)36-25-23(28(29,30)31)12-7-18-16-33-26(35-24(18)25)34-19-13-14-32-20(15-19)17-38-4/h7,12-16,21-22H,8-11,17H2,1-6H3,(H,32,33,34,35). The summed E-state index contributed by atoms with van der Waals surface area (Å²) in [5.74, 6) is 0.695. The van der Waals surface area contributed by atoms with Crippen LogP contribution < -0.4 is 10.1 Å². The molecule has 0 radical (unpaired) electrons. The number of hydrogen-bond acceptors (Lipinski definition) is 7. The first-order valence-corrected chi connectivity index (χ1v) is 17.5. The molecule has 2 heterocycles. The summed E-state index contributed by atoms with van der Waals surface area (Å²) >= 11 is 1.65. The van der Waals surface area contributed by atoms with E-state index in [1.807, 2.05) is 12.3 Å².